The predicted octanol–water partition coefficient (Wildman–Crippen LogP) is 2.33. The molecule has 0 amide bonds. The van der Waals surface area contributed by atoms with Gasteiger partial charge in [-0.1, -0.05) is 29.5 Å². The lowest BCUT2D eigenvalue weighted by Crippen LogP contribution is -2.21. The van der Waals surface area contributed by atoms with Crippen LogP contribution < -0.4 is 10.6 Å². The van der Waals surface area contributed by atoms with Crippen molar-refractivity contribution in [1.29, 1.82) is 0 Å². The molecule has 0 unspecified atom stereocenters. The summed E-state index contributed by atoms with van der Waals surface area (Å²) in [6.07, 6.45) is 0.938. The standard InChI is InChI=1S/C12H16N4S/c1-10-5-2-3-6-11(10)16(8-4-7-13)12-15-14-9-17-12/h2-3,5-6,9H,4,7-8,13H2,1H3. The van der Waals surface area contributed by atoms with Crippen molar-refractivity contribution in [2.24, 2.45) is 5.73 Å². The molecule has 2 aromatic rings. The first kappa shape index (κ1) is 12.0. The van der Waals surface area contributed by atoms with Gasteiger partial charge in [0.05, 0.1) is 0 Å². The van der Waals surface area contributed by atoms with Gasteiger partial charge in [0.25, 0.3) is 0 Å². The van der Waals surface area contributed by atoms with E-state index in [4.69, 9.17) is 5.73 Å². The first-order chi connectivity index (χ1) is 8.33. The Balaban J connectivity index is 2.30. The zero-order valence-corrected chi connectivity index (χ0v) is 10.7. The Morgan fingerprint density at radius 2 is 2.18 bits per heavy atom. The zero-order chi connectivity index (χ0) is 12.1. The van der Waals surface area contributed by atoms with Crippen LogP contribution in [0.5, 0.6) is 0 Å². The highest BCUT2D eigenvalue weighted by molar-refractivity contribution is 7.13. The van der Waals surface area contributed by atoms with E-state index in [0.29, 0.717) is 6.54 Å². The average Bonchev–Trinajstić information content (AvgIpc) is 2.85. The molecule has 1 aromatic carbocycles. The molecule has 4 nitrogen and oxygen atoms in total. The third-order valence-electron chi connectivity index (χ3n) is 2.57. The Hall–Kier alpha value is -1.46. The Bertz CT molecular complexity index is 455. The second-order valence-electron chi connectivity index (χ2n) is 3.80. The number of benzene rings is 1. The van der Waals surface area contributed by atoms with Gasteiger partial charge < -0.3 is 10.6 Å². The lowest BCUT2D eigenvalue weighted by molar-refractivity contribution is 0.809. The summed E-state index contributed by atoms with van der Waals surface area (Å²) < 4.78 is 0. The van der Waals surface area contributed by atoms with Crippen LogP contribution in [0, 0.1) is 6.92 Å². The molecule has 0 aliphatic rings. The predicted molar refractivity (Wildman–Crippen MR) is 71.8 cm³/mol. The average molecular weight is 248 g/mol. The van der Waals surface area contributed by atoms with E-state index in [9.17, 15) is 0 Å². The third-order valence-corrected chi connectivity index (χ3v) is 3.28. The number of hydrogen-bond donors (Lipinski definition) is 1. The summed E-state index contributed by atoms with van der Waals surface area (Å²) in [5, 5.41) is 8.97. The first-order valence-electron chi connectivity index (χ1n) is 5.62. The number of rotatable bonds is 5. The fourth-order valence-corrected chi connectivity index (χ4v) is 2.32. The molecule has 90 valence electrons. The molecule has 2 N–H and O–H groups in total. The molecule has 0 radical (unpaired) electrons. The van der Waals surface area contributed by atoms with Gasteiger partial charge in [0, 0.05) is 12.2 Å². The highest BCUT2D eigenvalue weighted by atomic mass is 32.1. The van der Waals surface area contributed by atoms with Crippen molar-refractivity contribution in [1.82, 2.24) is 10.2 Å². The van der Waals surface area contributed by atoms with Crippen LogP contribution in [-0.4, -0.2) is 23.3 Å². The van der Waals surface area contributed by atoms with Crippen LogP contribution in [0.1, 0.15) is 12.0 Å². The fourth-order valence-electron chi connectivity index (χ4n) is 1.72. The van der Waals surface area contributed by atoms with E-state index in [1.165, 1.54) is 11.3 Å². The van der Waals surface area contributed by atoms with Crippen LogP contribution in [0.4, 0.5) is 10.8 Å². The minimum absolute atomic E-state index is 0.682. The van der Waals surface area contributed by atoms with E-state index < -0.39 is 0 Å². The molecule has 0 aliphatic carbocycles. The summed E-state index contributed by atoms with van der Waals surface area (Å²) in [4.78, 5) is 2.18. The number of aryl methyl sites for hydroxylation is 1. The Kier molecular flexibility index (Phi) is 4.06. The van der Waals surface area contributed by atoms with Crippen molar-refractivity contribution >= 4 is 22.2 Å². The monoisotopic (exact) mass is 248 g/mol. The molecule has 0 bridgehead atoms. The van der Waals surface area contributed by atoms with E-state index in [-0.39, 0.29) is 0 Å². The van der Waals surface area contributed by atoms with Gasteiger partial charge in [-0.25, -0.2) is 0 Å². The minimum atomic E-state index is 0.682. The van der Waals surface area contributed by atoms with Gasteiger partial charge in [0.15, 0.2) is 0 Å². The SMILES string of the molecule is Cc1ccccc1N(CCCN)c1nncs1. The number of aromatic nitrogens is 2. The molecular formula is C12H16N4S. The lowest BCUT2D eigenvalue weighted by Gasteiger charge is -2.22. The van der Waals surface area contributed by atoms with Crippen molar-refractivity contribution in [2.75, 3.05) is 18.0 Å². The number of anilines is 2. The highest BCUT2D eigenvalue weighted by Gasteiger charge is 2.13. The van der Waals surface area contributed by atoms with Crippen LogP contribution in [0.2, 0.25) is 0 Å². The number of para-hydroxylation sites is 1. The van der Waals surface area contributed by atoms with Gasteiger partial charge in [0.2, 0.25) is 5.13 Å². The van der Waals surface area contributed by atoms with Crippen molar-refractivity contribution in [3.05, 3.63) is 35.3 Å². The molecule has 17 heavy (non-hydrogen) atoms. The summed E-state index contributed by atoms with van der Waals surface area (Å²) in [6.45, 7) is 3.66. The molecule has 5 heteroatoms. The van der Waals surface area contributed by atoms with Gasteiger partial charge in [-0.3, -0.25) is 0 Å². The second-order valence-corrected chi connectivity index (χ2v) is 4.61. The second kappa shape index (κ2) is 5.75. The lowest BCUT2D eigenvalue weighted by atomic mass is 10.2. The van der Waals surface area contributed by atoms with Crippen LogP contribution in [0.3, 0.4) is 0 Å². The third kappa shape index (κ3) is 2.81. The van der Waals surface area contributed by atoms with E-state index >= 15 is 0 Å². The van der Waals surface area contributed by atoms with Crippen molar-refractivity contribution in [3.63, 3.8) is 0 Å². The molecule has 1 aromatic heterocycles. The number of nitrogens with zero attached hydrogens (tertiary/aromatic N) is 3. The first-order valence-corrected chi connectivity index (χ1v) is 6.50. The topological polar surface area (TPSA) is 55.0 Å². The van der Waals surface area contributed by atoms with Crippen molar-refractivity contribution in [3.8, 4) is 0 Å². The molecule has 2 rings (SSSR count). The quantitative estimate of drug-likeness (QED) is 0.882. The molecule has 0 spiro atoms. The van der Waals surface area contributed by atoms with Crippen LogP contribution >= 0.6 is 11.3 Å². The summed E-state index contributed by atoms with van der Waals surface area (Å²) in [5.41, 5.74) is 9.75. The van der Waals surface area contributed by atoms with E-state index in [1.807, 2.05) is 12.1 Å². The maximum absolute atomic E-state index is 5.59. The molecule has 0 saturated carbocycles. The number of hydrogen-bond acceptors (Lipinski definition) is 5. The van der Waals surface area contributed by atoms with Gasteiger partial charge >= 0.3 is 0 Å². The maximum Gasteiger partial charge on any atom is 0.212 e. The summed E-state index contributed by atoms with van der Waals surface area (Å²) >= 11 is 1.55. The van der Waals surface area contributed by atoms with Gasteiger partial charge in [0.1, 0.15) is 5.51 Å². The Labute approximate surface area is 105 Å². The van der Waals surface area contributed by atoms with Gasteiger partial charge in [-0.05, 0) is 31.5 Å². The van der Waals surface area contributed by atoms with E-state index in [2.05, 4.69) is 34.2 Å². The van der Waals surface area contributed by atoms with Gasteiger partial charge in [-0.15, -0.1) is 10.2 Å². The van der Waals surface area contributed by atoms with Crippen LogP contribution in [0.15, 0.2) is 29.8 Å². The minimum Gasteiger partial charge on any atom is -0.330 e. The zero-order valence-electron chi connectivity index (χ0n) is 9.84. The highest BCUT2D eigenvalue weighted by Crippen LogP contribution is 2.28. The summed E-state index contributed by atoms with van der Waals surface area (Å²) in [7, 11) is 0. The molecule has 0 saturated heterocycles. The summed E-state index contributed by atoms with van der Waals surface area (Å²) in [6, 6.07) is 8.29. The van der Waals surface area contributed by atoms with Crippen molar-refractivity contribution < 1.29 is 0 Å². The fraction of sp³-hybridized carbons (Fsp3) is 0.333. The molecule has 1 heterocycles. The normalized spacial score (nSPS) is 10.5. The Morgan fingerprint density at radius 3 is 2.82 bits per heavy atom. The van der Waals surface area contributed by atoms with Crippen LogP contribution in [0.25, 0.3) is 0 Å². The van der Waals surface area contributed by atoms with Gasteiger partial charge in [-0.2, -0.15) is 0 Å². The maximum atomic E-state index is 5.59. The summed E-state index contributed by atoms with van der Waals surface area (Å²) in [5.74, 6) is 0. The van der Waals surface area contributed by atoms with E-state index in [0.717, 1.165) is 18.1 Å². The number of nitrogens with two attached hydrogens (primary N) is 1. The van der Waals surface area contributed by atoms with E-state index in [1.54, 1.807) is 16.8 Å². The smallest absolute Gasteiger partial charge is 0.212 e. The van der Waals surface area contributed by atoms with Crippen LogP contribution in [-0.2, 0) is 0 Å². The largest absolute Gasteiger partial charge is 0.330 e. The molecule has 0 aliphatic heterocycles. The van der Waals surface area contributed by atoms with Crippen molar-refractivity contribution in [2.45, 2.75) is 13.3 Å². The molecule has 0 atom stereocenters. The Morgan fingerprint density at radius 1 is 1.35 bits per heavy atom. The molecule has 0 fully saturated rings. The molecular weight excluding hydrogens is 232 g/mol.